The monoisotopic (exact) mass is 297 g/mol. The standard InChI is InChI=1S/C16H25F2N3/c1-3-20-7-8-21(11-12(20)2)15(10-19)13-5-4-6-14(9-13)16(17)18/h4-6,9,12,15-16H,3,7-8,10-11,19H2,1-2H3. The molecule has 1 fully saturated rings. The van der Waals surface area contributed by atoms with E-state index < -0.39 is 6.43 Å². The van der Waals surface area contributed by atoms with Crippen LogP contribution in [-0.2, 0) is 0 Å². The Hall–Kier alpha value is -1.04. The van der Waals surface area contributed by atoms with Crippen LogP contribution in [0.15, 0.2) is 24.3 Å². The number of nitrogens with two attached hydrogens (primary N) is 1. The van der Waals surface area contributed by atoms with E-state index in [1.807, 2.05) is 6.07 Å². The second-order valence-corrected chi connectivity index (χ2v) is 5.69. The molecule has 1 heterocycles. The van der Waals surface area contributed by atoms with Crippen molar-refractivity contribution in [1.29, 1.82) is 0 Å². The maximum atomic E-state index is 12.9. The summed E-state index contributed by atoms with van der Waals surface area (Å²) >= 11 is 0. The third kappa shape index (κ3) is 3.78. The Morgan fingerprint density at radius 2 is 2.00 bits per heavy atom. The summed E-state index contributed by atoms with van der Waals surface area (Å²) in [6, 6.07) is 7.16. The third-order valence-corrected chi connectivity index (χ3v) is 4.41. The van der Waals surface area contributed by atoms with Gasteiger partial charge in [-0.15, -0.1) is 0 Å². The lowest BCUT2D eigenvalue weighted by atomic mass is 10.0. The number of hydrogen-bond donors (Lipinski definition) is 1. The van der Waals surface area contributed by atoms with Crippen LogP contribution in [0.2, 0.25) is 0 Å². The van der Waals surface area contributed by atoms with Gasteiger partial charge < -0.3 is 5.73 Å². The van der Waals surface area contributed by atoms with Crippen molar-refractivity contribution < 1.29 is 8.78 Å². The first-order valence-corrected chi connectivity index (χ1v) is 7.63. The van der Waals surface area contributed by atoms with Gasteiger partial charge in [0.25, 0.3) is 6.43 Å². The number of hydrogen-bond acceptors (Lipinski definition) is 3. The highest BCUT2D eigenvalue weighted by Crippen LogP contribution is 2.27. The maximum Gasteiger partial charge on any atom is 0.263 e. The minimum Gasteiger partial charge on any atom is -0.329 e. The van der Waals surface area contributed by atoms with Crippen molar-refractivity contribution in [2.75, 3.05) is 32.7 Å². The quantitative estimate of drug-likeness (QED) is 0.907. The van der Waals surface area contributed by atoms with Crippen LogP contribution in [0.25, 0.3) is 0 Å². The van der Waals surface area contributed by atoms with Gasteiger partial charge in [0.2, 0.25) is 0 Å². The van der Waals surface area contributed by atoms with Gasteiger partial charge in [-0.3, -0.25) is 9.80 Å². The Morgan fingerprint density at radius 3 is 2.57 bits per heavy atom. The summed E-state index contributed by atoms with van der Waals surface area (Å²) in [7, 11) is 0. The number of rotatable bonds is 5. The Kier molecular flexibility index (Phi) is 5.67. The van der Waals surface area contributed by atoms with E-state index in [1.54, 1.807) is 12.1 Å². The predicted octanol–water partition coefficient (Wildman–Crippen LogP) is 2.65. The maximum absolute atomic E-state index is 12.9. The van der Waals surface area contributed by atoms with Crippen molar-refractivity contribution in [3.05, 3.63) is 35.4 Å². The summed E-state index contributed by atoms with van der Waals surface area (Å²) in [5.41, 5.74) is 6.90. The van der Waals surface area contributed by atoms with Gasteiger partial charge in [0.05, 0.1) is 0 Å². The first-order chi connectivity index (χ1) is 10.1. The summed E-state index contributed by atoms with van der Waals surface area (Å²) in [6.45, 7) is 8.72. The van der Waals surface area contributed by atoms with Gasteiger partial charge >= 0.3 is 0 Å². The minimum atomic E-state index is -2.43. The third-order valence-electron chi connectivity index (χ3n) is 4.41. The first kappa shape index (κ1) is 16.3. The molecule has 1 aliphatic rings. The Balaban J connectivity index is 2.14. The molecule has 0 saturated carbocycles. The lowest BCUT2D eigenvalue weighted by molar-refractivity contribution is 0.0605. The highest BCUT2D eigenvalue weighted by molar-refractivity contribution is 5.27. The second-order valence-electron chi connectivity index (χ2n) is 5.69. The fourth-order valence-electron chi connectivity index (χ4n) is 3.17. The molecule has 0 aliphatic carbocycles. The van der Waals surface area contributed by atoms with Gasteiger partial charge in [-0.05, 0) is 25.1 Å². The predicted molar refractivity (Wildman–Crippen MR) is 81.5 cm³/mol. The van der Waals surface area contributed by atoms with Gasteiger partial charge in [-0.2, -0.15) is 0 Å². The van der Waals surface area contributed by atoms with E-state index in [4.69, 9.17) is 5.73 Å². The van der Waals surface area contributed by atoms with Crippen molar-refractivity contribution >= 4 is 0 Å². The van der Waals surface area contributed by atoms with Crippen molar-refractivity contribution in [3.63, 3.8) is 0 Å². The van der Waals surface area contributed by atoms with Crippen molar-refractivity contribution in [2.24, 2.45) is 5.73 Å². The van der Waals surface area contributed by atoms with E-state index in [0.29, 0.717) is 12.6 Å². The van der Waals surface area contributed by atoms with Crippen LogP contribution in [0.1, 0.15) is 37.4 Å². The number of nitrogens with zero attached hydrogens (tertiary/aromatic N) is 2. The fraction of sp³-hybridized carbons (Fsp3) is 0.625. The molecule has 118 valence electrons. The molecule has 0 radical (unpaired) electrons. The van der Waals surface area contributed by atoms with Gasteiger partial charge in [-0.25, -0.2) is 8.78 Å². The van der Waals surface area contributed by atoms with E-state index in [2.05, 4.69) is 23.6 Å². The molecule has 1 aromatic rings. The molecule has 21 heavy (non-hydrogen) atoms. The zero-order valence-electron chi connectivity index (χ0n) is 12.8. The molecule has 0 amide bonds. The summed E-state index contributed by atoms with van der Waals surface area (Å²) < 4.78 is 25.7. The van der Waals surface area contributed by atoms with Crippen molar-refractivity contribution in [2.45, 2.75) is 32.4 Å². The molecule has 0 spiro atoms. The van der Waals surface area contributed by atoms with E-state index in [-0.39, 0.29) is 11.6 Å². The molecule has 1 saturated heterocycles. The lowest BCUT2D eigenvalue weighted by Gasteiger charge is -2.43. The smallest absolute Gasteiger partial charge is 0.263 e. The Morgan fingerprint density at radius 1 is 1.29 bits per heavy atom. The fourth-order valence-corrected chi connectivity index (χ4v) is 3.17. The Labute approximate surface area is 125 Å². The second kappa shape index (κ2) is 7.29. The largest absolute Gasteiger partial charge is 0.329 e. The number of piperazine rings is 1. The van der Waals surface area contributed by atoms with Crippen molar-refractivity contribution in [1.82, 2.24) is 9.80 Å². The van der Waals surface area contributed by atoms with Crippen LogP contribution in [0.4, 0.5) is 8.78 Å². The SMILES string of the molecule is CCN1CCN(C(CN)c2cccc(C(F)F)c2)CC1C. The van der Waals surface area contributed by atoms with Gasteiger partial charge in [0, 0.05) is 43.8 Å². The first-order valence-electron chi connectivity index (χ1n) is 7.63. The van der Waals surface area contributed by atoms with Gasteiger partial charge in [-0.1, -0.05) is 25.1 Å². The number of alkyl halides is 2. The molecule has 1 aromatic carbocycles. The molecule has 0 bridgehead atoms. The molecule has 3 nitrogen and oxygen atoms in total. The lowest BCUT2D eigenvalue weighted by Crippen LogP contribution is -2.53. The number of benzene rings is 1. The van der Waals surface area contributed by atoms with E-state index in [1.165, 1.54) is 6.07 Å². The van der Waals surface area contributed by atoms with E-state index >= 15 is 0 Å². The van der Waals surface area contributed by atoms with Crippen LogP contribution in [-0.4, -0.2) is 48.6 Å². The van der Waals surface area contributed by atoms with Crippen LogP contribution >= 0.6 is 0 Å². The summed E-state index contributed by atoms with van der Waals surface area (Å²) in [6.07, 6.45) is -2.43. The molecular weight excluding hydrogens is 272 g/mol. The number of halogens is 2. The normalized spacial score (nSPS) is 22.7. The zero-order chi connectivity index (χ0) is 15.4. The zero-order valence-corrected chi connectivity index (χ0v) is 12.8. The average molecular weight is 297 g/mol. The average Bonchev–Trinajstić information content (AvgIpc) is 2.48. The van der Waals surface area contributed by atoms with Crippen LogP contribution in [0.3, 0.4) is 0 Å². The molecule has 2 rings (SSSR count). The van der Waals surface area contributed by atoms with Crippen LogP contribution in [0.5, 0.6) is 0 Å². The van der Waals surface area contributed by atoms with Crippen LogP contribution < -0.4 is 5.73 Å². The molecule has 2 unspecified atom stereocenters. The summed E-state index contributed by atoms with van der Waals surface area (Å²) in [4.78, 5) is 4.75. The molecule has 5 heteroatoms. The highest BCUT2D eigenvalue weighted by atomic mass is 19.3. The highest BCUT2D eigenvalue weighted by Gasteiger charge is 2.28. The minimum absolute atomic E-state index is 0.0187. The van der Waals surface area contributed by atoms with Gasteiger partial charge in [0.1, 0.15) is 0 Å². The van der Waals surface area contributed by atoms with Gasteiger partial charge in [0.15, 0.2) is 0 Å². The van der Waals surface area contributed by atoms with Crippen LogP contribution in [0, 0.1) is 0 Å². The number of likely N-dealkylation sites (N-methyl/N-ethyl adjacent to an activating group) is 1. The topological polar surface area (TPSA) is 32.5 Å². The molecular formula is C16H25F2N3. The summed E-state index contributed by atoms with van der Waals surface area (Å²) in [5, 5.41) is 0. The Bertz CT molecular complexity index is 453. The van der Waals surface area contributed by atoms with E-state index in [0.717, 1.165) is 31.7 Å². The molecule has 0 aromatic heterocycles. The molecule has 2 N–H and O–H groups in total. The van der Waals surface area contributed by atoms with E-state index in [9.17, 15) is 8.78 Å². The molecule has 2 atom stereocenters. The van der Waals surface area contributed by atoms with Crippen molar-refractivity contribution in [3.8, 4) is 0 Å². The molecule has 1 aliphatic heterocycles. The summed E-state index contributed by atoms with van der Waals surface area (Å²) in [5.74, 6) is 0.